The summed E-state index contributed by atoms with van der Waals surface area (Å²) in [5.74, 6) is -0.291. The van der Waals surface area contributed by atoms with Crippen LogP contribution in [0.1, 0.15) is 18.4 Å². The molecule has 0 saturated carbocycles. The average molecular weight is 283 g/mol. The first-order chi connectivity index (χ1) is 9.65. The molecule has 2 atom stereocenters. The lowest BCUT2D eigenvalue weighted by Gasteiger charge is -2.31. The number of piperidine rings is 1. The molecule has 0 unspecified atom stereocenters. The minimum absolute atomic E-state index is 0.159. The third-order valence-electron chi connectivity index (χ3n) is 3.48. The van der Waals surface area contributed by atoms with Crippen molar-refractivity contribution in [2.75, 3.05) is 26.2 Å². The molecule has 1 aliphatic rings. The zero-order valence-corrected chi connectivity index (χ0v) is 11.5. The maximum Gasteiger partial charge on any atom is 0.128 e. The van der Waals surface area contributed by atoms with Crippen LogP contribution < -0.4 is 0 Å². The smallest absolute Gasteiger partial charge is 0.128 e. The number of likely N-dealkylation sites (tertiary alicyclic amines) is 1. The summed E-state index contributed by atoms with van der Waals surface area (Å²) in [7, 11) is 0. The Bertz CT molecular complexity index is 416. The second-order valence-electron chi connectivity index (χ2n) is 5.32. The molecule has 0 radical (unpaired) electrons. The number of β-amino-alcohol motifs (C(OH)–C–C–N with tert-alkyl or cyclic N) is 2. The van der Waals surface area contributed by atoms with Crippen molar-refractivity contribution in [3.63, 3.8) is 0 Å². The van der Waals surface area contributed by atoms with E-state index in [1.165, 1.54) is 6.07 Å². The Morgan fingerprint density at radius 3 is 2.95 bits per heavy atom. The first-order valence-electron chi connectivity index (χ1n) is 7.05. The van der Waals surface area contributed by atoms with Crippen molar-refractivity contribution in [2.24, 2.45) is 0 Å². The number of nitrogens with zero attached hydrogens (tertiary/aromatic N) is 1. The van der Waals surface area contributed by atoms with E-state index in [1.54, 1.807) is 18.2 Å². The van der Waals surface area contributed by atoms with Gasteiger partial charge in [0, 0.05) is 18.7 Å². The monoisotopic (exact) mass is 283 g/mol. The van der Waals surface area contributed by atoms with Crippen LogP contribution in [0.25, 0.3) is 0 Å². The summed E-state index contributed by atoms with van der Waals surface area (Å²) in [6, 6.07) is 6.45. The fourth-order valence-corrected chi connectivity index (χ4v) is 2.47. The molecule has 1 heterocycles. The second-order valence-corrected chi connectivity index (χ2v) is 5.32. The largest absolute Gasteiger partial charge is 0.392 e. The number of aliphatic hydroxyl groups is 2. The zero-order chi connectivity index (χ0) is 14.4. The lowest BCUT2D eigenvalue weighted by molar-refractivity contribution is -0.00784. The highest BCUT2D eigenvalue weighted by Gasteiger charge is 2.19. The van der Waals surface area contributed by atoms with Crippen molar-refractivity contribution in [1.29, 1.82) is 0 Å². The summed E-state index contributed by atoms with van der Waals surface area (Å²) in [4.78, 5) is 2.03. The minimum Gasteiger partial charge on any atom is -0.392 e. The minimum atomic E-state index is -0.618. The molecule has 112 valence electrons. The molecule has 0 aromatic heterocycles. The first kappa shape index (κ1) is 15.4. The molecule has 2 N–H and O–H groups in total. The summed E-state index contributed by atoms with van der Waals surface area (Å²) >= 11 is 0. The van der Waals surface area contributed by atoms with Crippen LogP contribution in [0, 0.1) is 5.82 Å². The van der Waals surface area contributed by atoms with Gasteiger partial charge in [0.25, 0.3) is 0 Å². The Balaban J connectivity index is 1.67. The Morgan fingerprint density at radius 2 is 2.20 bits per heavy atom. The van der Waals surface area contributed by atoms with E-state index in [1.807, 2.05) is 4.90 Å². The first-order valence-corrected chi connectivity index (χ1v) is 7.05. The van der Waals surface area contributed by atoms with Crippen molar-refractivity contribution < 1.29 is 19.3 Å². The van der Waals surface area contributed by atoms with Gasteiger partial charge >= 0.3 is 0 Å². The fraction of sp³-hybridized carbons (Fsp3) is 0.600. The van der Waals surface area contributed by atoms with Gasteiger partial charge in [0.2, 0.25) is 0 Å². The zero-order valence-electron chi connectivity index (χ0n) is 11.5. The standard InChI is InChI=1S/C15H22FNO3/c16-15-6-2-1-4-12(15)10-20-11-14(19)9-17-7-3-5-13(18)8-17/h1-2,4,6,13-14,18-19H,3,5,7-11H2/t13-,14-/m1/s1. The Labute approximate surface area is 118 Å². The van der Waals surface area contributed by atoms with Gasteiger partial charge in [-0.1, -0.05) is 18.2 Å². The van der Waals surface area contributed by atoms with Crippen LogP contribution in [0.4, 0.5) is 4.39 Å². The average Bonchev–Trinajstić information content (AvgIpc) is 2.41. The fourth-order valence-electron chi connectivity index (χ4n) is 2.47. The molecular weight excluding hydrogens is 261 g/mol. The van der Waals surface area contributed by atoms with Crippen molar-refractivity contribution >= 4 is 0 Å². The molecule has 0 amide bonds. The lowest BCUT2D eigenvalue weighted by atomic mass is 10.1. The molecule has 1 aromatic carbocycles. The second kappa shape index (κ2) is 7.69. The predicted octanol–water partition coefficient (Wildman–Crippen LogP) is 1.16. The van der Waals surface area contributed by atoms with E-state index < -0.39 is 6.10 Å². The molecule has 2 rings (SSSR count). The highest BCUT2D eigenvalue weighted by Crippen LogP contribution is 2.11. The Kier molecular flexibility index (Phi) is 5.91. The quantitative estimate of drug-likeness (QED) is 0.822. The van der Waals surface area contributed by atoms with E-state index in [2.05, 4.69) is 0 Å². The molecular formula is C15H22FNO3. The highest BCUT2D eigenvalue weighted by molar-refractivity contribution is 5.16. The van der Waals surface area contributed by atoms with Crippen LogP contribution in [0.3, 0.4) is 0 Å². The summed E-state index contributed by atoms with van der Waals surface area (Å²) in [6.07, 6.45) is 0.864. The third-order valence-corrected chi connectivity index (χ3v) is 3.48. The van der Waals surface area contributed by atoms with Crippen LogP contribution in [-0.4, -0.2) is 53.6 Å². The van der Waals surface area contributed by atoms with Crippen molar-refractivity contribution in [2.45, 2.75) is 31.7 Å². The maximum atomic E-state index is 13.4. The summed E-state index contributed by atoms with van der Waals surface area (Å²) in [5, 5.41) is 19.4. The molecule has 4 nitrogen and oxygen atoms in total. The van der Waals surface area contributed by atoms with Crippen molar-refractivity contribution in [3.05, 3.63) is 35.6 Å². The van der Waals surface area contributed by atoms with Crippen LogP contribution >= 0.6 is 0 Å². The van der Waals surface area contributed by atoms with Crippen molar-refractivity contribution in [3.8, 4) is 0 Å². The highest BCUT2D eigenvalue weighted by atomic mass is 19.1. The molecule has 20 heavy (non-hydrogen) atoms. The SMILES string of the molecule is O[C@@H]1CCCN(C[C@@H](O)COCc2ccccc2F)C1. The van der Waals surface area contributed by atoms with E-state index in [-0.39, 0.29) is 25.1 Å². The Hall–Kier alpha value is -1.01. The lowest BCUT2D eigenvalue weighted by Crippen LogP contribution is -2.43. The topological polar surface area (TPSA) is 52.9 Å². The van der Waals surface area contributed by atoms with Gasteiger partial charge in [-0.15, -0.1) is 0 Å². The maximum absolute atomic E-state index is 13.4. The number of hydrogen-bond donors (Lipinski definition) is 2. The van der Waals surface area contributed by atoms with Gasteiger partial charge < -0.3 is 14.9 Å². The number of hydrogen-bond acceptors (Lipinski definition) is 4. The molecule has 1 fully saturated rings. The Morgan fingerprint density at radius 1 is 1.40 bits per heavy atom. The molecule has 1 saturated heterocycles. The number of halogens is 1. The van der Waals surface area contributed by atoms with Crippen LogP contribution in [0.5, 0.6) is 0 Å². The van der Waals surface area contributed by atoms with E-state index >= 15 is 0 Å². The number of ether oxygens (including phenoxy) is 1. The summed E-state index contributed by atoms with van der Waals surface area (Å²) in [6.45, 7) is 2.30. The van der Waals surface area contributed by atoms with Gasteiger partial charge in [-0.2, -0.15) is 0 Å². The molecule has 0 bridgehead atoms. The molecule has 1 aromatic rings. The third kappa shape index (κ3) is 4.83. The van der Waals surface area contributed by atoms with Gasteiger partial charge in [0.05, 0.1) is 25.4 Å². The number of benzene rings is 1. The summed E-state index contributed by atoms with van der Waals surface area (Å²) in [5.41, 5.74) is 0.494. The number of aliphatic hydroxyl groups excluding tert-OH is 2. The van der Waals surface area contributed by atoms with Crippen molar-refractivity contribution in [1.82, 2.24) is 4.90 Å². The van der Waals surface area contributed by atoms with Gasteiger partial charge in [-0.05, 0) is 25.5 Å². The van der Waals surface area contributed by atoms with E-state index in [4.69, 9.17) is 4.74 Å². The van der Waals surface area contributed by atoms with Gasteiger partial charge in [0.15, 0.2) is 0 Å². The van der Waals surface area contributed by atoms with Crippen LogP contribution in [-0.2, 0) is 11.3 Å². The van der Waals surface area contributed by atoms with Crippen LogP contribution in [0.2, 0.25) is 0 Å². The molecule has 0 spiro atoms. The molecule has 0 aliphatic carbocycles. The molecule has 1 aliphatic heterocycles. The van der Waals surface area contributed by atoms with Gasteiger partial charge in [-0.25, -0.2) is 4.39 Å². The van der Waals surface area contributed by atoms with Gasteiger partial charge in [-0.3, -0.25) is 4.90 Å². The summed E-state index contributed by atoms with van der Waals surface area (Å²) < 4.78 is 18.7. The number of rotatable bonds is 6. The van der Waals surface area contributed by atoms with E-state index in [0.717, 1.165) is 19.4 Å². The predicted molar refractivity (Wildman–Crippen MR) is 73.7 cm³/mol. The molecule has 5 heteroatoms. The van der Waals surface area contributed by atoms with E-state index in [9.17, 15) is 14.6 Å². The van der Waals surface area contributed by atoms with E-state index in [0.29, 0.717) is 18.7 Å². The van der Waals surface area contributed by atoms with Crippen LogP contribution in [0.15, 0.2) is 24.3 Å². The normalized spacial score (nSPS) is 21.9. The van der Waals surface area contributed by atoms with Gasteiger partial charge in [0.1, 0.15) is 5.82 Å².